The summed E-state index contributed by atoms with van der Waals surface area (Å²) in [4.78, 5) is 50.8. The second-order valence-corrected chi connectivity index (χ2v) is 11.5. The Morgan fingerprint density at radius 1 is 1.14 bits per heavy atom. The first-order valence-corrected chi connectivity index (χ1v) is 12.0. The standard InChI is InChI=1S/C26H30F2O7/c1-13(29)33-12-20(32)26-21(34-22(2,3)35-26)10-15-16-9-18(27)17-8-14(30)6-7-23(17,4)25(16,28)19(31)11-24(15,26)5/h6-8,15-16,18,21H,9-12H2,1-5H3/t15-,16-,18-,21+,23-,24-,25-,26+/m0/s1. The quantitative estimate of drug-likeness (QED) is 0.559. The highest BCUT2D eigenvalue weighted by molar-refractivity contribution is 6.03. The van der Waals surface area contributed by atoms with Gasteiger partial charge in [0.1, 0.15) is 6.17 Å². The summed E-state index contributed by atoms with van der Waals surface area (Å²) in [7, 11) is 0. The summed E-state index contributed by atoms with van der Waals surface area (Å²) < 4.78 is 50.1. The van der Waals surface area contributed by atoms with Gasteiger partial charge in [-0.05, 0) is 57.3 Å². The third-order valence-corrected chi connectivity index (χ3v) is 9.20. The van der Waals surface area contributed by atoms with Crippen LogP contribution in [0.5, 0.6) is 0 Å². The minimum Gasteiger partial charge on any atom is -0.458 e. The molecule has 0 bridgehead atoms. The smallest absolute Gasteiger partial charge is 0.303 e. The van der Waals surface area contributed by atoms with Crippen LogP contribution in [-0.4, -0.2) is 59.3 Å². The molecule has 1 aliphatic heterocycles. The van der Waals surface area contributed by atoms with E-state index in [4.69, 9.17) is 14.2 Å². The summed E-state index contributed by atoms with van der Waals surface area (Å²) in [6.07, 6.45) is 0.705. The zero-order valence-electron chi connectivity index (χ0n) is 20.5. The first-order valence-electron chi connectivity index (χ1n) is 12.0. The molecule has 9 heteroatoms. The fraction of sp³-hybridized carbons (Fsp3) is 0.692. The minimum atomic E-state index is -2.46. The predicted octanol–water partition coefficient (Wildman–Crippen LogP) is 3.15. The Morgan fingerprint density at radius 2 is 1.83 bits per heavy atom. The molecule has 0 aromatic rings. The molecule has 4 aliphatic carbocycles. The molecule has 1 saturated heterocycles. The van der Waals surface area contributed by atoms with Crippen molar-refractivity contribution in [3.8, 4) is 0 Å². The fourth-order valence-electron chi connectivity index (χ4n) is 7.81. The predicted molar refractivity (Wildman–Crippen MR) is 117 cm³/mol. The van der Waals surface area contributed by atoms with Crippen LogP contribution in [0.3, 0.4) is 0 Å². The number of alkyl halides is 2. The van der Waals surface area contributed by atoms with Crippen molar-refractivity contribution >= 4 is 23.3 Å². The van der Waals surface area contributed by atoms with E-state index in [0.717, 1.165) is 6.08 Å². The minimum absolute atomic E-state index is 0.0202. The number of allylic oxidation sites excluding steroid dienone is 4. The summed E-state index contributed by atoms with van der Waals surface area (Å²) in [5.74, 6) is -5.27. The van der Waals surface area contributed by atoms with E-state index < -0.39 is 81.9 Å². The second kappa shape index (κ2) is 7.16. The van der Waals surface area contributed by atoms with Crippen molar-refractivity contribution in [2.75, 3.05) is 6.61 Å². The fourth-order valence-corrected chi connectivity index (χ4v) is 7.81. The normalized spacial score (nSPS) is 47.3. The van der Waals surface area contributed by atoms with E-state index in [9.17, 15) is 19.2 Å². The molecule has 190 valence electrons. The number of fused-ring (bicyclic) bond motifs is 7. The largest absolute Gasteiger partial charge is 0.458 e. The van der Waals surface area contributed by atoms with Crippen molar-refractivity contribution < 1.29 is 42.2 Å². The molecule has 0 unspecified atom stereocenters. The number of ether oxygens (including phenoxy) is 3. The summed E-state index contributed by atoms with van der Waals surface area (Å²) in [6.45, 7) is 7.07. The number of carbonyl (C=O) groups is 4. The number of rotatable bonds is 3. The van der Waals surface area contributed by atoms with Gasteiger partial charge in [0.15, 0.2) is 35.2 Å². The van der Waals surface area contributed by atoms with Gasteiger partial charge in [-0.25, -0.2) is 8.78 Å². The van der Waals surface area contributed by atoms with E-state index in [0.29, 0.717) is 0 Å². The van der Waals surface area contributed by atoms with Gasteiger partial charge >= 0.3 is 5.97 Å². The maximum absolute atomic E-state index is 17.2. The Morgan fingerprint density at radius 3 is 2.49 bits per heavy atom. The molecular formula is C26H30F2O7. The zero-order chi connectivity index (χ0) is 25.8. The number of esters is 1. The summed E-state index contributed by atoms with van der Waals surface area (Å²) in [5.41, 5.74) is -6.97. The van der Waals surface area contributed by atoms with Crippen molar-refractivity contribution in [2.24, 2.45) is 22.7 Å². The van der Waals surface area contributed by atoms with Crippen molar-refractivity contribution in [3.05, 3.63) is 23.8 Å². The van der Waals surface area contributed by atoms with E-state index in [1.165, 1.54) is 26.0 Å². The van der Waals surface area contributed by atoms with Gasteiger partial charge < -0.3 is 14.2 Å². The molecule has 0 aromatic carbocycles. The number of hydrogen-bond acceptors (Lipinski definition) is 7. The van der Waals surface area contributed by atoms with Crippen molar-refractivity contribution in [1.29, 1.82) is 0 Å². The van der Waals surface area contributed by atoms with Crippen LogP contribution in [0, 0.1) is 22.7 Å². The third kappa shape index (κ3) is 2.88. The molecule has 5 rings (SSSR count). The second-order valence-electron chi connectivity index (χ2n) is 11.5. The SMILES string of the molecule is CC(=O)OCC(=O)[C@@]12OC(C)(C)O[C@@H]1C[C@H]1[C@@H]3C[C@H](F)C4=CC(=O)C=C[C@]4(C)[C@@]3(F)C(=O)C[C@@]12C. The summed E-state index contributed by atoms with van der Waals surface area (Å²) in [6, 6.07) is 0. The van der Waals surface area contributed by atoms with Gasteiger partial charge in [-0.1, -0.05) is 13.0 Å². The maximum Gasteiger partial charge on any atom is 0.303 e. The van der Waals surface area contributed by atoms with Gasteiger partial charge in [-0.15, -0.1) is 0 Å². The van der Waals surface area contributed by atoms with Crippen molar-refractivity contribution in [2.45, 2.75) is 83.2 Å². The van der Waals surface area contributed by atoms with E-state index in [-0.39, 0.29) is 24.8 Å². The molecule has 0 amide bonds. The lowest BCUT2D eigenvalue weighted by Gasteiger charge is -2.60. The topological polar surface area (TPSA) is 96.0 Å². The molecular weight excluding hydrogens is 462 g/mol. The molecule has 1 heterocycles. The first-order chi connectivity index (χ1) is 16.1. The zero-order valence-corrected chi connectivity index (χ0v) is 20.5. The van der Waals surface area contributed by atoms with E-state index in [1.807, 2.05) is 0 Å². The number of Topliss-reactive ketones (excluding diaryl/α,β-unsaturated/α-hetero) is 2. The molecule has 35 heavy (non-hydrogen) atoms. The molecule has 8 atom stereocenters. The average Bonchev–Trinajstić information content (AvgIpc) is 3.16. The van der Waals surface area contributed by atoms with Crippen molar-refractivity contribution in [3.63, 3.8) is 0 Å². The Labute approximate surface area is 202 Å². The van der Waals surface area contributed by atoms with Crippen LogP contribution in [0.1, 0.15) is 53.9 Å². The van der Waals surface area contributed by atoms with Gasteiger partial charge in [-0.3, -0.25) is 19.2 Å². The average molecular weight is 493 g/mol. The highest BCUT2D eigenvalue weighted by Crippen LogP contribution is 2.71. The monoisotopic (exact) mass is 492 g/mol. The number of carbonyl (C=O) groups excluding carboxylic acids is 4. The Balaban J connectivity index is 1.63. The lowest BCUT2D eigenvalue weighted by atomic mass is 9.45. The Hall–Kier alpha value is -2.26. The third-order valence-electron chi connectivity index (χ3n) is 9.20. The number of hydrogen-bond donors (Lipinski definition) is 0. The molecule has 0 aromatic heterocycles. The van der Waals surface area contributed by atoms with E-state index in [1.54, 1.807) is 20.8 Å². The maximum atomic E-state index is 17.2. The molecule has 4 fully saturated rings. The lowest BCUT2D eigenvalue weighted by Crippen LogP contribution is -2.69. The Bertz CT molecular complexity index is 1110. The van der Waals surface area contributed by atoms with E-state index in [2.05, 4.69) is 0 Å². The van der Waals surface area contributed by atoms with Crippen LogP contribution >= 0.6 is 0 Å². The number of ketones is 3. The van der Waals surface area contributed by atoms with Gasteiger partial charge in [-0.2, -0.15) is 0 Å². The molecule has 0 radical (unpaired) electrons. The summed E-state index contributed by atoms with van der Waals surface area (Å²) >= 11 is 0. The Kier molecular flexibility index (Phi) is 5.00. The van der Waals surface area contributed by atoms with Crippen LogP contribution < -0.4 is 0 Å². The van der Waals surface area contributed by atoms with Gasteiger partial charge in [0.25, 0.3) is 0 Å². The molecule has 3 saturated carbocycles. The molecule has 0 spiro atoms. The lowest BCUT2D eigenvalue weighted by molar-refractivity contribution is -0.223. The van der Waals surface area contributed by atoms with Gasteiger partial charge in [0.05, 0.1) is 11.5 Å². The van der Waals surface area contributed by atoms with Crippen LogP contribution in [0.4, 0.5) is 8.78 Å². The van der Waals surface area contributed by atoms with Crippen LogP contribution in [-0.2, 0) is 33.4 Å². The highest BCUT2D eigenvalue weighted by atomic mass is 19.1. The number of halogens is 2. The van der Waals surface area contributed by atoms with Gasteiger partial charge in [0.2, 0.25) is 5.78 Å². The highest BCUT2D eigenvalue weighted by Gasteiger charge is 2.81. The van der Waals surface area contributed by atoms with E-state index >= 15 is 8.78 Å². The van der Waals surface area contributed by atoms with Gasteiger partial charge in [0, 0.05) is 24.7 Å². The van der Waals surface area contributed by atoms with Crippen LogP contribution in [0.25, 0.3) is 0 Å². The van der Waals surface area contributed by atoms with Crippen molar-refractivity contribution in [1.82, 2.24) is 0 Å². The molecule has 5 aliphatic rings. The van der Waals surface area contributed by atoms with Crippen LogP contribution in [0.15, 0.2) is 23.8 Å². The first kappa shape index (κ1) is 24.4. The van der Waals surface area contributed by atoms with Crippen LogP contribution in [0.2, 0.25) is 0 Å². The molecule has 7 nitrogen and oxygen atoms in total. The molecule has 0 N–H and O–H groups in total. The summed E-state index contributed by atoms with van der Waals surface area (Å²) in [5, 5.41) is 0.